The molecule has 132 valence electrons. The molecule has 1 aromatic carbocycles. The van der Waals surface area contributed by atoms with Crippen molar-refractivity contribution >= 4 is 33.7 Å². The lowest BCUT2D eigenvalue weighted by atomic mass is 10.2. The van der Waals surface area contributed by atoms with Gasteiger partial charge < -0.3 is 19.8 Å². The van der Waals surface area contributed by atoms with Crippen molar-refractivity contribution in [1.82, 2.24) is 10.6 Å². The number of benzene rings is 1. The van der Waals surface area contributed by atoms with Crippen LogP contribution in [0.4, 0.5) is 4.39 Å². The topological polar surface area (TPSA) is 97.6 Å². The molecule has 0 aliphatic carbocycles. The Kier molecular flexibility index (Phi) is 6.70. The molecule has 0 aliphatic heterocycles. The molecular weight excluding hydrogens is 399 g/mol. The van der Waals surface area contributed by atoms with E-state index in [1.54, 1.807) is 6.07 Å². The normalized spacial score (nSPS) is 10.2. The lowest BCUT2D eigenvalue weighted by molar-refractivity contribution is -0.147. The van der Waals surface area contributed by atoms with Crippen LogP contribution in [0.15, 0.2) is 45.5 Å². The molecule has 0 saturated carbocycles. The van der Waals surface area contributed by atoms with Crippen molar-refractivity contribution in [2.24, 2.45) is 0 Å². The van der Waals surface area contributed by atoms with Crippen molar-refractivity contribution in [1.29, 1.82) is 0 Å². The highest BCUT2D eigenvalue weighted by Gasteiger charge is 2.13. The highest BCUT2D eigenvalue weighted by Crippen LogP contribution is 2.13. The predicted molar refractivity (Wildman–Crippen MR) is 87.9 cm³/mol. The van der Waals surface area contributed by atoms with Gasteiger partial charge in [-0.05, 0) is 45.8 Å². The molecule has 0 unspecified atom stereocenters. The number of ether oxygens (including phenoxy) is 1. The van der Waals surface area contributed by atoms with E-state index in [4.69, 9.17) is 9.15 Å². The van der Waals surface area contributed by atoms with E-state index in [1.165, 1.54) is 30.3 Å². The van der Waals surface area contributed by atoms with Gasteiger partial charge in [0, 0.05) is 6.54 Å². The molecule has 1 aromatic heterocycles. The Balaban J connectivity index is 1.64. The molecule has 2 rings (SSSR count). The zero-order valence-corrected chi connectivity index (χ0v) is 14.5. The third kappa shape index (κ3) is 6.38. The van der Waals surface area contributed by atoms with Crippen LogP contribution in [0.1, 0.15) is 16.1 Å². The van der Waals surface area contributed by atoms with Gasteiger partial charge in [-0.25, -0.2) is 4.39 Å². The Labute approximate surface area is 150 Å². The number of furan rings is 1. The Morgan fingerprint density at radius 1 is 1.08 bits per heavy atom. The maximum Gasteiger partial charge on any atom is 0.325 e. The Morgan fingerprint density at radius 3 is 2.44 bits per heavy atom. The van der Waals surface area contributed by atoms with Crippen molar-refractivity contribution in [3.05, 3.63) is 58.2 Å². The number of carbonyl (C=O) groups is 3. The fourth-order valence-electron chi connectivity index (χ4n) is 1.73. The van der Waals surface area contributed by atoms with Gasteiger partial charge >= 0.3 is 5.97 Å². The minimum absolute atomic E-state index is 0.0386. The zero-order chi connectivity index (χ0) is 18.2. The molecular formula is C16H14BrFN2O5. The lowest BCUT2D eigenvalue weighted by Crippen LogP contribution is -2.33. The van der Waals surface area contributed by atoms with Gasteiger partial charge in [0.25, 0.3) is 11.8 Å². The molecule has 0 saturated heterocycles. The smallest absolute Gasteiger partial charge is 0.325 e. The van der Waals surface area contributed by atoms with Crippen LogP contribution in [-0.4, -0.2) is 30.9 Å². The van der Waals surface area contributed by atoms with Gasteiger partial charge in [-0.3, -0.25) is 14.4 Å². The zero-order valence-electron chi connectivity index (χ0n) is 12.9. The van der Waals surface area contributed by atoms with Crippen LogP contribution >= 0.6 is 15.9 Å². The monoisotopic (exact) mass is 412 g/mol. The van der Waals surface area contributed by atoms with E-state index in [9.17, 15) is 18.8 Å². The van der Waals surface area contributed by atoms with E-state index in [0.717, 1.165) is 0 Å². The van der Waals surface area contributed by atoms with Crippen LogP contribution in [0.3, 0.4) is 0 Å². The number of rotatable bonds is 7. The third-order valence-electron chi connectivity index (χ3n) is 2.96. The fraction of sp³-hybridized carbons (Fsp3) is 0.188. The summed E-state index contributed by atoms with van der Waals surface area (Å²) in [5.41, 5.74) is 0.706. The summed E-state index contributed by atoms with van der Waals surface area (Å²) in [7, 11) is 0. The maximum absolute atomic E-state index is 12.8. The van der Waals surface area contributed by atoms with Gasteiger partial charge in [-0.2, -0.15) is 0 Å². The van der Waals surface area contributed by atoms with Crippen LogP contribution in [0.5, 0.6) is 0 Å². The standard InChI is InChI=1S/C16H14BrFN2O5/c17-13-6-5-12(25-13)16(23)20-8-15(22)24-9-14(21)19-7-10-1-3-11(18)4-2-10/h1-6H,7-9H2,(H,19,21)(H,20,23). The molecule has 9 heteroatoms. The highest BCUT2D eigenvalue weighted by atomic mass is 79.9. The summed E-state index contributed by atoms with van der Waals surface area (Å²) < 4.78 is 22.9. The van der Waals surface area contributed by atoms with Gasteiger partial charge in [0.2, 0.25) is 0 Å². The first-order valence-corrected chi connectivity index (χ1v) is 7.93. The van der Waals surface area contributed by atoms with Gasteiger partial charge in [0.1, 0.15) is 12.4 Å². The van der Waals surface area contributed by atoms with E-state index < -0.39 is 30.9 Å². The minimum atomic E-state index is -0.768. The molecule has 25 heavy (non-hydrogen) atoms. The van der Waals surface area contributed by atoms with Gasteiger partial charge in [-0.15, -0.1) is 0 Å². The summed E-state index contributed by atoms with van der Waals surface area (Å²) in [5.74, 6) is -2.19. The molecule has 0 bridgehead atoms. The van der Waals surface area contributed by atoms with E-state index in [-0.39, 0.29) is 18.1 Å². The molecule has 0 fully saturated rings. The lowest BCUT2D eigenvalue weighted by Gasteiger charge is -2.07. The molecule has 0 radical (unpaired) electrons. The van der Waals surface area contributed by atoms with E-state index in [1.807, 2.05) is 0 Å². The van der Waals surface area contributed by atoms with Crippen molar-refractivity contribution < 1.29 is 27.9 Å². The first-order valence-electron chi connectivity index (χ1n) is 7.14. The van der Waals surface area contributed by atoms with Gasteiger partial charge in [0.15, 0.2) is 17.0 Å². The van der Waals surface area contributed by atoms with Crippen molar-refractivity contribution in [2.75, 3.05) is 13.2 Å². The SMILES string of the molecule is O=C(COC(=O)CNC(=O)c1ccc(Br)o1)NCc1ccc(F)cc1. The van der Waals surface area contributed by atoms with Crippen LogP contribution in [0.2, 0.25) is 0 Å². The predicted octanol–water partition coefficient (Wildman–Crippen LogP) is 1.77. The number of esters is 1. The molecule has 2 aromatic rings. The molecule has 0 spiro atoms. The molecule has 0 atom stereocenters. The number of hydrogen-bond acceptors (Lipinski definition) is 5. The van der Waals surface area contributed by atoms with Crippen LogP contribution < -0.4 is 10.6 Å². The van der Waals surface area contributed by atoms with Crippen LogP contribution in [0, 0.1) is 5.82 Å². The average molecular weight is 413 g/mol. The quantitative estimate of drug-likeness (QED) is 0.675. The van der Waals surface area contributed by atoms with E-state index in [2.05, 4.69) is 26.6 Å². The van der Waals surface area contributed by atoms with E-state index in [0.29, 0.717) is 10.2 Å². The summed E-state index contributed by atoms with van der Waals surface area (Å²) in [6.07, 6.45) is 0. The minimum Gasteiger partial charge on any atom is -0.454 e. The second kappa shape index (κ2) is 8.97. The number of amides is 2. The fourth-order valence-corrected chi connectivity index (χ4v) is 2.03. The summed E-state index contributed by atoms with van der Waals surface area (Å²) in [6, 6.07) is 8.60. The second-order valence-electron chi connectivity index (χ2n) is 4.85. The second-order valence-corrected chi connectivity index (χ2v) is 5.63. The summed E-state index contributed by atoms with van der Waals surface area (Å²) in [5, 5.41) is 4.82. The molecule has 1 heterocycles. The Morgan fingerprint density at radius 2 is 1.80 bits per heavy atom. The summed E-state index contributed by atoms with van der Waals surface area (Å²) in [6.45, 7) is -0.703. The van der Waals surface area contributed by atoms with E-state index >= 15 is 0 Å². The third-order valence-corrected chi connectivity index (χ3v) is 3.38. The maximum atomic E-state index is 12.8. The molecule has 0 aliphatic rings. The molecule has 2 N–H and O–H groups in total. The average Bonchev–Trinajstić information content (AvgIpc) is 3.04. The first-order chi connectivity index (χ1) is 11.9. The van der Waals surface area contributed by atoms with Crippen LogP contribution in [0.25, 0.3) is 0 Å². The van der Waals surface area contributed by atoms with Gasteiger partial charge in [0.05, 0.1) is 0 Å². The molecule has 2 amide bonds. The van der Waals surface area contributed by atoms with Crippen LogP contribution in [-0.2, 0) is 20.9 Å². The number of hydrogen-bond donors (Lipinski definition) is 2. The van der Waals surface area contributed by atoms with Crippen molar-refractivity contribution in [3.8, 4) is 0 Å². The first kappa shape index (κ1) is 18.7. The summed E-state index contributed by atoms with van der Waals surface area (Å²) >= 11 is 3.06. The molecule has 7 nitrogen and oxygen atoms in total. The number of halogens is 2. The highest BCUT2D eigenvalue weighted by molar-refractivity contribution is 9.10. The van der Waals surface area contributed by atoms with Gasteiger partial charge in [-0.1, -0.05) is 12.1 Å². The number of carbonyl (C=O) groups excluding carboxylic acids is 3. The van der Waals surface area contributed by atoms with Crippen molar-refractivity contribution in [2.45, 2.75) is 6.54 Å². The Hall–Kier alpha value is -2.68. The number of nitrogens with one attached hydrogen (secondary N) is 2. The summed E-state index contributed by atoms with van der Waals surface area (Å²) in [4.78, 5) is 34.7. The van der Waals surface area contributed by atoms with Crippen molar-refractivity contribution in [3.63, 3.8) is 0 Å². The Bertz CT molecular complexity index is 760. The largest absolute Gasteiger partial charge is 0.454 e.